The van der Waals surface area contributed by atoms with Gasteiger partial charge in [0.1, 0.15) is 18.0 Å². The third-order valence-electron chi connectivity index (χ3n) is 3.22. The molecule has 1 unspecified atom stereocenters. The highest BCUT2D eigenvalue weighted by Gasteiger charge is 2.63. The summed E-state index contributed by atoms with van der Waals surface area (Å²) in [5.74, 6) is -0.631. The van der Waals surface area contributed by atoms with Gasteiger partial charge in [-0.2, -0.15) is 0 Å². The van der Waals surface area contributed by atoms with E-state index in [0.29, 0.717) is 0 Å². The lowest BCUT2D eigenvalue weighted by atomic mass is 9.98. The van der Waals surface area contributed by atoms with Crippen molar-refractivity contribution in [3.8, 4) is 0 Å². The third-order valence-corrected chi connectivity index (χ3v) is 5.36. The van der Waals surface area contributed by atoms with Crippen molar-refractivity contribution in [2.75, 3.05) is 6.61 Å². The summed E-state index contributed by atoms with van der Waals surface area (Å²) < 4.78 is 16.3. The van der Waals surface area contributed by atoms with Crippen LogP contribution in [0, 0.1) is 0 Å². The molecule has 2 rings (SSSR count). The molecule has 0 radical (unpaired) electrons. The Morgan fingerprint density at radius 2 is 2.35 bits per heavy atom. The van der Waals surface area contributed by atoms with E-state index in [1.807, 2.05) is 0 Å². The summed E-state index contributed by atoms with van der Waals surface area (Å²) >= 11 is 0. The highest BCUT2D eigenvalue weighted by molar-refractivity contribution is 7.87. The lowest BCUT2D eigenvalue weighted by Gasteiger charge is -2.36. The van der Waals surface area contributed by atoms with Gasteiger partial charge in [-0.3, -0.25) is 9.00 Å². The Hall–Kier alpha value is -1.17. The van der Waals surface area contributed by atoms with Crippen molar-refractivity contribution in [3.63, 3.8) is 0 Å². The first-order valence-electron chi connectivity index (χ1n) is 5.40. The fourth-order valence-electron chi connectivity index (χ4n) is 2.30. The first-order valence-corrected chi connectivity index (χ1v) is 6.62. The molecule has 1 amide bonds. The molecule has 2 aliphatic rings. The fraction of sp³-hybridized carbons (Fsp3) is 0.636. The lowest BCUT2D eigenvalue weighted by Crippen LogP contribution is -2.57. The summed E-state index contributed by atoms with van der Waals surface area (Å²) in [6, 6.07) is -0.741. The summed E-state index contributed by atoms with van der Waals surface area (Å²) in [7, 11) is -1.22. The van der Waals surface area contributed by atoms with Gasteiger partial charge in [0.25, 0.3) is 0 Å². The second kappa shape index (κ2) is 3.94. The van der Waals surface area contributed by atoms with Crippen LogP contribution in [-0.4, -0.2) is 43.8 Å². The number of rotatable bonds is 3. The maximum absolute atomic E-state index is 12.1. The molecule has 0 spiro atoms. The van der Waals surface area contributed by atoms with E-state index in [9.17, 15) is 13.8 Å². The number of carbonyl (C=O) groups is 2. The summed E-state index contributed by atoms with van der Waals surface area (Å²) in [4.78, 5) is 24.8. The van der Waals surface area contributed by atoms with Gasteiger partial charge in [0.05, 0.1) is 22.0 Å². The molecule has 0 aromatic rings. The number of ether oxygens (including phenoxy) is 1. The molecule has 3 atom stereocenters. The van der Waals surface area contributed by atoms with Gasteiger partial charge in [0.2, 0.25) is 5.91 Å². The van der Waals surface area contributed by atoms with E-state index < -0.39 is 27.6 Å². The Kier molecular flexibility index (Phi) is 2.85. The molecule has 5 nitrogen and oxygen atoms in total. The second-order valence-electron chi connectivity index (χ2n) is 4.68. The molecule has 2 aliphatic heterocycles. The minimum atomic E-state index is -1.22. The summed E-state index contributed by atoms with van der Waals surface area (Å²) in [5, 5.41) is -0.321. The summed E-state index contributed by atoms with van der Waals surface area (Å²) in [5.41, 5.74) is 0. The molecule has 17 heavy (non-hydrogen) atoms. The van der Waals surface area contributed by atoms with Crippen molar-refractivity contribution in [3.05, 3.63) is 12.7 Å². The molecule has 0 aromatic carbocycles. The maximum Gasteiger partial charge on any atom is 0.330 e. The van der Waals surface area contributed by atoms with Crippen LogP contribution in [0.15, 0.2) is 12.7 Å². The van der Waals surface area contributed by atoms with Gasteiger partial charge >= 0.3 is 5.97 Å². The Morgan fingerprint density at radius 3 is 2.88 bits per heavy atom. The quantitative estimate of drug-likeness (QED) is 0.411. The molecule has 0 aromatic heterocycles. The smallest absolute Gasteiger partial charge is 0.330 e. The van der Waals surface area contributed by atoms with Gasteiger partial charge in [0, 0.05) is 0 Å². The Balaban J connectivity index is 2.24. The SMILES string of the molecule is C=CCOC(=O)[C@@H]1N2C(=O)C[C@H]2S(=O)C1(C)C. The van der Waals surface area contributed by atoms with Crippen molar-refractivity contribution in [2.45, 2.75) is 36.4 Å². The van der Waals surface area contributed by atoms with Gasteiger partial charge in [-0.1, -0.05) is 12.7 Å². The van der Waals surface area contributed by atoms with Crippen LogP contribution < -0.4 is 0 Å². The number of nitrogens with zero attached hydrogens (tertiary/aromatic N) is 1. The molecule has 2 fully saturated rings. The van der Waals surface area contributed by atoms with Crippen molar-refractivity contribution in [2.24, 2.45) is 0 Å². The zero-order valence-corrected chi connectivity index (χ0v) is 10.7. The van der Waals surface area contributed by atoms with Gasteiger partial charge < -0.3 is 9.64 Å². The van der Waals surface area contributed by atoms with Crippen LogP contribution in [-0.2, 0) is 25.1 Å². The van der Waals surface area contributed by atoms with Crippen LogP contribution >= 0.6 is 0 Å². The molecule has 94 valence electrons. The summed E-state index contributed by atoms with van der Waals surface area (Å²) in [6.07, 6.45) is 1.73. The zero-order chi connectivity index (χ0) is 12.8. The van der Waals surface area contributed by atoms with Crippen molar-refractivity contribution in [1.82, 2.24) is 4.90 Å². The van der Waals surface area contributed by atoms with Crippen LogP contribution in [0.25, 0.3) is 0 Å². The lowest BCUT2D eigenvalue weighted by molar-refractivity contribution is -0.160. The molecular formula is C11H15NO4S. The largest absolute Gasteiger partial charge is 0.460 e. The van der Waals surface area contributed by atoms with E-state index in [4.69, 9.17) is 4.74 Å². The van der Waals surface area contributed by atoms with Crippen molar-refractivity contribution in [1.29, 1.82) is 0 Å². The van der Waals surface area contributed by atoms with Crippen molar-refractivity contribution >= 4 is 22.7 Å². The van der Waals surface area contributed by atoms with E-state index in [1.54, 1.807) is 13.8 Å². The predicted octanol–water partition coefficient (Wildman–Crippen LogP) is 0.183. The topological polar surface area (TPSA) is 63.7 Å². The molecule has 2 saturated heterocycles. The molecule has 0 saturated carbocycles. The molecular weight excluding hydrogens is 242 g/mol. The Morgan fingerprint density at radius 1 is 1.71 bits per heavy atom. The van der Waals surface area contributed by atoms with E-state index in [2.05, 4.69) is 6.58 Å². The normalized spacial score (nSPS) is 33.9. The van der Waals surface area contributed by atoms with Crippen LogP contribution in [0.3, 0.4) is 0 Å². The molecule has 0 N–H and O–H groups in total. The highest BCUT2D eigenvalue weighted by Crippen LogP contribution is 2.43. The number of esters is 1. The molecule has 0 bridgehead atoms. The minimum Gasteiger partial charge on any atom is -0.460 e. The zero-order valence-electron chi connectivity index (χ0n) is 9.84. The van der Waals surface area contributed by atoms with Crippen LogP contribution in [0.5, 0.6) is 0 Å². The second-order valence-corrected chi connectivity index (χ2v) is 6.87. The maximum atomic E-state index is 12.1. The summed E-state index contributed by atoms with van der Waals surface area (Å²) in [6.45, 7) is 7.02. The Labute approximate surface area is 102 Å². The van der Waals surface area contributed by atoms with E-state index in [-0.39, 0.29) is 24.3 Å². The van der Waals surface area contributed by atoms with Crippen LogP contribution in [0.4, 0.5) is 0 Å². The molecule has 2 heterocycles. The van der Waals surface area contributed by atoms with E-state index >= 15 is 0 Å². The van der Waals surface area contributed by atoms with E-state index in [1.165, 1.54) is 11.0 Å². The Bertz CT molecular complexity index is 418. The number of hydrogen-bond donors (Lipinski definition) is 0. The van der Waals surface area contributed by atoms with Crippen LogP contribution in [0.2, 0.25) is 0 Å². The van der Waals surface area contributed by atoms with Gasteiger partial charge in [-0.25, -0.2) is 4.79 Å². The average molecular weight is 257 g/mol. The monoisotopic (exact) mass is 257 g/mol. The standard InChI is InChI=1S/C11H15NO4S/c1-4-5-16-10(14)9-11(2,3)17(15)8-6-7(13)12(8)9/h4,8-9H,1,5-6H2,2-3H3/t8-,9+,17?/m1/s1. The van der Waals surface area contributed by atoms with E-state index in [0.717, 1.165) is 0 Å². The molecule has 0 aliphatic carbocycles. The number of hydrogen-bond acceptors (Lipinski definition) is 4. The third kappa shape index (κ3) is 1.62. The molecule has 6 heteroatoms. The van der Waals surface area contributed by atoms with Crippen LogP contribution in [0.1, 0.15) is 20.3 Å². The predicted molar refractivity (Wildman–Crippen MR) is 62.4 cm³/mol. The first-order chi connectivity index (χ1) is 7.91. The van der Waals surface area contributed by atoms with Gasteiger partial charge in [-0.15, -0.1) is 0 Å². The first kappa shape index (κ1) is 12.3. The van der Waals surface area contributed by atoms with Crippen molar-refractivity contribution < 1.29 is 18.5 Å². The highest BCUT2D eigenvalue weighted by atomic mass is 32.2. The van der Waals surface area contributed by atoms with Gasteiger partial charge in [-0.05, 0) is 13.8 Å². The number of β-lactam (4-membered cyclic amide) rings is 1. The number of carbonyl (C=O) groups excluding carboxylic acids is 2. The fourth-order valence-corrected chi connectivity index (χ4v) is 4.17. The minimum absolute atomic E-state index is 0.102. The number of amides is 1. The van der Waals surface area contributed by atoms with Gasteiger partial charge in [0.15, 0.2) is 0 Å². The number of fused-ring (bicyclic) bond motifs is 1. The average Bonchev–Trinajstić information content (AvgIpc) is 2.42.